The van der Waals surface area contributed by atoms with Gasteiger partial charge in [0.05, 0.1) is 6.10 Å². The van der Waals surface area contributed by atoms with Gasteiger partial charge in [-0.15, -0.1) is 0 Å². The fourth-order valence-corrected chi connectivity index (χ4v) is 3.08. The van der Waals surface area contributed by atoms with E-state index in [4.69, 9.17) is 20.7 Å². The van der Waals surface area contributed by atoms with Gasteiger partial charge < -0.3 is 9.47 Å². The highest BCUT2D eigenvalue weighted by atomic mass is 32.8. The minimum absolute atomic E-state index is 0.0145. The smallest absolute Gasteiger partial charge is 0.425 e. The molecule has 4 nitrogen and oxygen atoms in total. The van der Waals surface area contributed by atoms with Gasteiger partial charge in [0.2, 0.25) is 0 Å². The Morgan fingerprint density at radius 1 is 1.33 bits per heavy atom. The molecule has 1 unspecified atom stereocenters. The average Bonchev–Trinajstić information content (AvgIpc) is 2.45. The molecule has 0 spiro atoms. The monoisotopic (exact) mass is 329 g/mol. The lowest BCUT2D eigenvalue weighted by Gasteiger charge is -2.20. The molecule has 0 bridgehead atoms. The van der Waals surface area contributed by atoms with Crippen LogP contribution in [0.4, 0.5) is 4.79 Å². The molecule has 1 amide bonds. The number of unbranched alkanes of at least 4 members (excludes halogenated alkanes) is 1. The molecule has 0 aliphatic carbocycles. The van der Waals surface area contributed by atoms with Gasteiger partial charge in [0.25, 0.3) is 0 Å². The lowest BCUT2D eigenvalue weighted by molar-refractivity contribution is 0.180. The largest absolute Gasteiger partial charge is 0.487 e. The van der Waals surface area contributed by atoms with Crippen molar-refractivity contribution in [2.24, 2.45) is 0 Å². The molecule has 1 aromatic carbocycles. The van der Waals surface area contributed by atoms with E-state index in [0.29, 0.717) is 11.5 Å². The number of benzene rings is 1. The number of nitrogens with zero attached hydrogens (tertiary/aromatic N) is 1. The van der Waals surface area contributed by atoms with E-state index in [9.17, 15) is 4.79 Å². The number of carbonyl (C=O) groups is 1. The van der Waals surface area contributed by atoms with Crippen LogP contribution in [0.1, 0.15) is 33.6 Å². The lowest BCUT2D eigenvalue weighted by atomic mass is 10.3. The summed E-state index contributed by atoms with van der Waals surface area (Å²) >= 11 is 5.34. The van der Waals surface area contributed by atoms with Gasteiger partial charge in [0.1, 0.15) is 0 Å². The van der Waals surface area contributed by atoms with Crippen molar-refractivity contribution in [2.45, 2.75) is 39.7 Å². The Labute approximate surface area is 134 Å². The van der Waals surface area contributed by atoms with Crippen molar-refractivity contribution < 1.29 is 14.3 Å². The molecule has 0 saturated heterocycles. The van der Waals surface area contributed by atoms with E-state index in [-0.39, 0.29) is 6.10 Å². The van der Waals surface area contributed by atoms with E-state index in [1.807, 2.05) is 19.9 Å². The highest BCUT2D eigenvalue weighted by Crippen LogP contribution is 2.28. The normalized spacial score (nSPS) is 12.0. The predicted molar refractivity (Wildman–Crippen MR) is 90.5 cm³/mol. The van der Waals surface area contributed by atoms with Crippen LogP contribution in [0, 0.1) is 0 Å². The van der Waals surface area contributed by atoms with Crippen LogP contribution in [0.25, 0.3) is 0 Å². The number of ether oxygens (including phenoxy) is 2. The summed E-state index contributed by atoms with van der Waals surface area (Å²) in [4.78, 5) is 12.1. The Bertz CT molecular complexity index is 492. The van der Waals surface area contributed by atoms with Gasteiger partial charge in [-0.25, -0.2) is 4.79 Å². The van der Waals surface area contributed by atoms with Crippen molar-refractivity contribution in [3.05, 3.63) is 24.3 Å². The van der Waals surface area contributed by atoms with Gasteiger partial charge in [-0.1, -0.05) is 25.5 Å². The van der Waals surface area contributed by atoms with Crippen LogP contribution in [-0.4, -0.2) is 29.3 Å². The first-order chi connectivity index (χ1) is 9.95. The number of hydrogen-bond donors (Lipinski definition) is 0. The minimum Gasteiger partial charge on any atom is -0.487 e. The third-order valence-corrected chi connectivity index (χ3v) is 5.21. The summed E-state index contributed by atoms with van der Waals surface area (Å²) < 4.78 is 12.5. The van der Waals surface area contributed by atoms with Crippen LogP contribution >= 0.6 is 0 Å². The number of para-hydroxylation sites is 2. The zero-order chi connectivity index (χ0) is 15.8. The minimum atomic E-state index is -0.534. The van der Waals surface area contributed by atoms with E-state index in [1.165, 1.54) is 4.31 Å². The molecule has 0 aliphatic heterocycles. The van der Waals surface area contributed by atoms with Crippen LogP contribution in [0.2, 0.25) is 0 Å². The van der Waals surface area contributed by atoms with Gasteiger partial charge in [-0.2, -0.15) is 0 Å². The zero-order valence-electron chi connectivity index (χ0n) is 13.0. The van der Waals surface area contributed by atoms with Crippen molar-refractivity contribution in [3.8, 4) is 11.5 Å². The molecular formula is C15H23NO3S2. The molecule has 6 heteroatoms. The third-order valence-electron chi connectivity index (χ3n) is 2.64. The summed E-state index contributed by atoms with van der Waals surface area (Å²) in [7, 11) is 1.15. The zero-order valence-corrected chi connectivity index (χ0v) is 14.6. The second-order valence-electron chi connectivity index (χ2n) is 4.86. The highest BCUT2D eigenvalue weighted by molar-refractivity contribution is 8.27. The predicted octanol–water partition coefficient (Wildman–Crippen LogP) is 3.70. The molecule has 0 heterocycles. The maximum absolute atomic E-state index is 12.1. The summed E-state index contributed by atoms with van der Waals surface area (Å²) in [5.41, 5.74) is 0. The van der Waals surface area contributed by atoms with E-state index in [0.717, 1.165) is 18.6 Å². The van der Waals surface area contributed by atoms with E-state index in [1.54, 1.807) is 25.2 Å². The quantitative estimate of drug-likeness (QED) is 0.764. The Balaban J connectivity index is 2.72. The summed E-state index contributed by atoms with van der Waals surface area (Å²) in [5, 5.41) is 0. The van der Waals surface area contributed by atoms with E-state index >= 15 is 0 Å². The van der Waals surface area contributed by atoms with E-state index in [2.05, 4.69) is 6.92 Å². The topological polar surface area (TPSA) is 38.8 Å². The second kappa shape index (κ2) is 9.00. The van der Waals surface area contributed by atoms with Crippen molar-refractivity contribution in [3.63, 3.8) is 0 Å². The Morgan fingerprint density at radius 2 is 1.95 bits per heavy atom. The van der Waals surface area contributed by atoms with Crippen molar-refractivity contribution in [1.82, 2.24) is 4.31 Å². The molecule has 0 aromatic heterocycles. The standard InChI is InChI=1S/C15H23NO3S2/c1-5-6-11-21(20)16(4)15(17)19-14-10-8-7-9-13(14)18-12(2)3/h7-10,12H,5-6,11H2,1-4H3. The van der Waals surface area contributed by atoms with E-state index < -0.39 is 15.7 Å². The second-order valence-corrected chi connectivity index (χ2v) is 7.61. The Hall–Kier alpha value is -1.14. The maximum Gasteiger partial charge on any atom is 0.425 e. The molecule has 1 rings (SSSR count). The van der Waals surface area contributed by atoms with Gasteiger partial charge >= 0.3 is 6.09 Å². The molecule has 0 fully saturated rings. The van der Waals surface area contributed by atoms with Crippen molar-refractivity contribution >= 4 is 26.9 Å². The summed E-state index contributed by atoms with van der Waals surface area (Å²) in [5.74, 6) is 1.80. The summed E-state index contributed by atoms with van der Waals surface area (Å²) in [6.07, 6.45) is 1.65. The van der Waals surface area contributed by atoms with Gasteiger partial charge in [-0.3, -0.25) is 4.31 Å². The summed E-state index contributed by atoms with van der Waals surface area (Å²) in [6, 6.07) is 7.15. The number of amides is 1. The molecule has 1 atom stereocenters. The molecule has 1 aromatic rings. The average molecular weight is 329 g/mol. The van der Waals surface area contributed by atoms with Crippen LogP contribution in [-0.2, 0) is 20.8 Å². The van der Waals surface area contributed by atoms with Crippen LogP contribution in [0.15, 0.2) is 24.3 Å². The highest BCUT2D eigenvalue weighted by Gasteiger charge is 2.17. The first kappa shape index (κ1) is 17.9. The van der Waals surface area contributed by atoms with Crippen LogP contribution in [0.5, 0.6) is 11.5 Å². The van der Waals surface area contributed by atoms with Crippen molar-refractivity contribution in [2.75, 3.05) is 12.8 Å². The fourth-order valence-electron chi connectivity index (χ4n) is 1.53. The molecule has 118 valence electrons. The molecule has 0 aliphatic rings. The van der Waals surface area contributed by atoms with Crippen molar-refractivity contribution in [1.29, 1.82) is 0 Å². The Morgan fingerprint density at radius 3 is 2.52 bits per heavy atom. The summed E-state index contributed by atoms with van der Waals surface area (Å²) in [6.45, 7) is 5.95. The number of rotatable bonds is 7. The molecule has 0 radical (unpaired) electrons. The maximum atomic E-state index is 12.1. The fraction of sp³-hybridized carbons (Fsp3) is 0.533. The molecule has 0 N–H and O–H groups in total. The number of hydrogen-bond acceptors (Lipinski definition) is 4. The SMILES string of the molecule is CCCCS(=S)N(C)C(=O)Oc1ccccc1OC(C)C. The first-order valence-electron chi connectivity index (χ1n) is 7.05. The first-order valence-corrected chi connectivity index (χ1v) is 9.33. The van der Waals surface area contributed by atoms with Gasteiger partial charge in [0, 0.05) is 12.8 Å². The Kier molecular flexibility index (Phi) is 7.67. The number of carbonyl (C=O) groups excluding carboxylic acids is 1. The molecular weight excluding hydrogens is 306 g/mol. The van der Waals surface area contributed by atoms with Gasteiger partial charge in [0.15, 0.2) is 11.5 Å². The van der Waals surface area contributed by atoms with Crippen LogP contribution < -0.4 is 9.47 Å². The third kappa shape index (κ3) is 6.01. The van der Waals surface area contributed by atoms with Gasteiger partial charge in [-0.05, 0) is 53.2 Å². The lowest BCUT2D eigenvalue weighted by Crippen LogP contribution is -2.32. The molecule has 0 saturated carbocycles. The van der Waals surface area contributed by atoms with Crippen LogP contribution in [0.3, 0.4) is 0 Å². The molecule has 21 heavy (non-hydrogen) atoms.